The normalized spacial score (nSPS) is 22.8. The van der Waals surface area contributed by atoms with Crippen LogP contribution in [0.15, 0.2) is 12.1 Å². The molecule has 0 saturated carbocycles. The summed E-state index contributed by atoms with van der Waals surface area (Å²) in [6.45, 7) is 5.19. The number of nitrogens with zero attached hydrogens (tertiary/aromatic N) is 1. The number of piperidine rings is 1. The number of carbonyl (C=O) groups excluding carboxylic acids is 1. The summed E-state index contributed by atoms with van der Waals surface area (Å²) >= 11 is 1.80. The van der Waals surface area contributed by atoms with E-state index in [0.29, 0.717) is 0 Å². The van der Waals surface area contributed by atoms with Crippen molar-refractivity contribution in [3.8, 4) is 0 Å². The molecule has 1 aliphatic rings. The van der Waals surface area contributed by atoms with E-state index in [2.05, 4.69) is 36.2 Å². The molecular formula is C16H27N3OS. The van der Waals surface area contributed by atoms with Crippen LogP contribution in [0.4, 0.5) is 0 Å². The fraction of sp³-hybridized carbons (Fsp3) is 0.688. The summed E-state index contributed by atoms with van der Waals surface area (Å²) in [6.07, 6.45) is 4.10. The van der Waals surface area contributed by atoms with E-state index in [-0.39, 0.29) is 24.0 Å². The lowest BCUT2D eigenvalue weighted by atomic mass is 9.94. The maximum absolute atomic E-state index is 12.2. The Morgan fingerprint density at radius 1 is 1.52 bits per heavy atom. The van der Waals surface area contributed by atoms with Crippen molar-refractivity contribution in [1.82, 2.24) is 10.2 Å². The number of amides is 1. The van der Waals surface area contributed by atoms with Crippen LogP contribution in [0.3, 0.4) is 0 Å². The lowest BCUT2D eigenvalue weighted by molar-refractivity contribution is -0.128. The first-order valence-electron chi connectivity index (χ1n) is 7.87. The molecule has 4 nitrogen and oxygen atoms in total. The van der Waals surface area contributed by atoms with Gasteiger partial charge in [-0.25, -0.2) is 0 Å². The molecule has 3 atom stereocenters. The van der Waals surface area contributed by atoms with Crippen LogP contribution in [0.1, 0.15) is 48.4 Å². The van der Waals surface area contributed by atoms with Crippen molar-refractivity contribution in [2.75, 3.05) is 13.6 Å². The van der Waals surface area contributed by atoms with Gasteiger partial charge >= 0.3 is 0 Å². The van der Waals surface area contributed by atoms with Gasteiger partial charge in [0.25, 0.3) is 0 Å². The highest BCUT2D eigenvalue weighted by atomic mass is 32.1. The summed E-state index contributed by atoms with van der Waals surface area (Å²) in [7, 11) is 1.72. The molecule has 0 bridgehead atoms. The number of likely N-dealkylation sites (tertiary alicyclic amines) is 1. The third-order valence-electron chi connectivity index (χ3n) is 4.38. The standard InChI is InChI=1S/C16H27N3OS/c1-4-12(17)15(14-9-8-11(2)21-14)19-10-6-5-7-13(19)16(20)18-3/h8-9,12-13,15H,4-7,10,17H2,1-3H3,(H,18,20). The van der Waals surface area contributed by atoms with Crippen molar-refractivity contribution < 1.29 is 4.79 Å². The van der Waals surface area contributed by atoms with Crippen molar-refractivity contribution >= 4 is 17.2 Å². The van der Waals surface area contributed by atoms with E-state index < -0.39 is 0 Å². The Kier molecular flexibility index (Phi) is 5.79. The van der Waals surface area contributed by atoms with Crippen LogP contribution in [0, 0.1) is 6.92 Å². The predicted octanol–water partition coefficient (Wildman–Crippen LogP) is 2.44. The third-order valence-corrected chi connectivity index (χ3v) is 5.45. The van der Waals surface area contributed by atoms with Gasteiger partial charge in [-0.15, -0.1) is 11.3 Å². The lowest BCUT2D eigenvalue weighted by Crippen LogP contribution is -2.53. The van der Waals surface area contributed by atoms with Crippen molar-refractivity contribution in [3.63, 3.8) is 0 Å². The zero-order valence-electron chi connectivity index (χ0n) is 13.3. The topological polar surface area (TPSA) is 58.4 Å². The van der Waals surface area contributed by atoms with E-state index in [4.69, 9.17) is 5.73 Å². The highest BCUT2D eigenvalue weighted by Gasteiger charge is 2.36. The third kappa shape index (κ3) is 3.65. The molecule has 1 aliphatic heterocycles. The number of nitrogens with two attached hydrogens (primary N) is 1. The Labute approximate surface area is 131 Å². The Morgan fingerprint density at radius 3 is 2.86 bits per heavy atom. The molecule has 0 aliphatic carbocycles. The fourth-order valence-corrected chi connectivity index (χ4v) is 4.27. The Balaban J connectivity index is 2.31. The minimum absolute atomic E-state index is 0.0474. The molecule has 1 fully saturated rings. The smallest absolute Gasteiger partial charge is 0.237 e. The van der Waals surface area contributed by atoms with Crippen molar-refractivity contribution in [3.05, 3.63) is 21.9 Å². The van der Waals surface area contributed by atoms with Gasteiger partial charge in [0.15, 0.2) is 0 Å². The molecule has 0 radical (unpaired) electrons. The minimum Gasteiger partial charge on any atom is -0.358 e. The predicted molar refractivity (Wildman–Crippen MR) is 88.5 cm³/mol. The molecule has 3 unspecified atom stereocenters. The molecule has 1 aromatic heterocycles. The lowest BCUT2D eigenvalue weighted by Gasteiger charge is -2.42. The quantitative estimate of drug-likeness (QED) is 0.878. The van der Waals surface area contributed by atoms with E-state index in [0.717, 1.165) is 32.2 Å². The van der Waals surface area contributed by atoms with Crippen LogP contribution in [-0.2, 0) is 4.79 Å². The van der Waals surface area contributed by atoms with E-state index in [1.807, 2.05) is 0 Å². The van der Waals surface area contributed by atoms with Crippen LogP contribution >= 0.6 is 11.3 Å². The van der Waals surface area contributed by atoms with Crippen molar-refractivity contribution in [2.45, 2.75) is 57.7 Å². The van der Waals surface area contributed by atoms with Gasteiger partial charge in [-0.05, 0) is 44.9 Å². The largest absolute Gasteiger partial charge is 0.358 e. The number of likely N-dealkylation sites (N-methyl/N-ethyl adjacent to an activating group) is 1. The number of rotatable bonds is 5. The Morgan fingerprint density at radius 2 is 2.29 bits per heavy atom. The number of aryl methyl sites for hydroxylation is 1. The molecule has 1 saturated heterocycles. The summed E-state index contributed by atoms with van der Waals surface area (Å²) in [4.78, 5) is 17.2. The van der Waals surface area contributed by atoms with Crippen LogP contribution in [0.2, 0.25) is 0 Å². The number of carbonyl (C=O) groups is 1. The first-order valence-corrected chi connectivity index (χ1v) is 8.69. The molecule has 1 amide bonds. The number of thiophene rings is 1. The van der Waals surface area contributed by atoms with Crippen molar-refractivity contribution in [2.24, 2.45) is 5.73 Å². The van der Waals surface area contributed by atoms with Gasteiger partial charge in [-0.3, -0.25) is 9.69 Å². The average molecular weight is 309 g/mol. The molecule has 3 N–H and O–H groups in total. The number of nitrogens with one attached hydrogen (secondary N) is 1. The van der Waals surface area contributed by atoms with Crippen LogP contribution in [0.5, 0.6) is 0 Å². The molecular weight excluding hydrogens is 282 g/mol. The minimum atomic E-state index is -0.0474. The monoisotopic (exact) mass is 309 g/mol. The summed E-state index contributed by atoms with van der Waals surface area (Å²) in [5.41, 5.74) is 6.43. The molecule has 0 spiro atoms. The second-order valence-electron chi connectivity index (χ2n) is 5.83. The van der Waals surface area contributed by atoms with Gasteiger partial charge in [-0.1, -0.05) is 13.3 Å². The van der Waals surface area contributed by atoms with E-state index in [1.54, 1.807) is 18.4 Å². The molecule has 1 aromatic rings. The van der Waals surface area contributed by atoms with Gasteiger partial charge in [0.1, 0.15) is 0 Å². The second kappa shape index (κ2) is 7.38. The second-order valence-corrected chi connectivity index (χ2v) is 7.15. The molecule has 21 heavy (non-hydrogen) atoms. The number of hydrogen-bond acceptors (Lipinski definition) is 4. The fourth-order valence-electron chi connectivity index (χ4n) is 3.19. The molecule has 2 heterocycles. The van der Waals surface area contributed by atoms with E-state index in [9.17, 15) is 4.79 Å². The van der Waals surface area contributed by atoms with Gasteiger partial charge in [0.2, 0.25) is 5.91 Å². The van der Waals surface area contributed by atoms with Crippen molar-refractivity contribution in [1.29, 1.82) is 0 Å². The highest BCUT2D eigenvalue weighted by molar-refractivity contribution is 7.12. The van der Waals surface area contributed by atoms with Gasteiger partial charge in [0.05, 0.1) is 12.1 Å². The first kappa shape index (κ1) is 16.5. The Hall–Kier alpha value is -0.910. The van der Waals surface area contributed by atoms with Crippen LogP contribution < -0.4 is 11.1 Å². The molecule has 118 valence electrons. The maximum atomic E-state index is 12.2. The summed E-state index contributed by atoms with van der Waals surface area (Å²) in [5, 5.41) is 2.82. The molecule has 2 rings (SSSR count). The molecule has 5 heteroatoms. The van der Waals surface area contributed by atoms with E-state index >= 15 is 0 Å². The summed E-state index contributed by atoms with van der Waals surface area (Å²) in [5.74, 6) is 0.122. The zero-order chi connectivity index (χ0) is 15.4. The average Bonchev–Trinajstić information content (AvgIpc) is 2.93. The van der Waals surface area contributed by atoms with Crippen LogP contribution in [0.25, 0.3) is 0 Å². The maximum Gasteiger partial charge on any atom is 0.237 e. The highest BCUT2D eigenvalue weighted by Crippen LogP contribution is 2.35. The summed E-state index contributed by atoms with van der Waals surface area (Å²) in [6, 6.07) is 4.49. The van der Waals surface area contributed by atoms with Gasteiger partial charge in [-0.2, -0.15) is 0 Å². The summed E-state index contributed by atoms with van der Waals surface area (Å²) < 4.78 is 0. The zero-order valence-corrected chi connectivity index (χ0v) is 14.1. The SMILES string of the molecule is CCC(N)C(c1ccc(C)s1)N1CCCCC1C(=O)NC. The first-order chi connectivity index (χ1) is 10.1. The Bertz CT molecular complexity index is 474. The molecule has 0 aromatic carbocycles. The van der Waals surface area contributed by atoms with Crippen LogP contribution in [-0.4, -0.2) is 36.5 Å². The van der Waals surface area contributed by atoms with Gasteiger partial charge in [0, 0.05) is 22.8 Å². The number of hydrogen-bond donors (Lipinski definition) is 2. The van der Waals surface area contributed by atoms with Gasteiger partial charge < -0.3 is 11.1 Å². The van der Waals surface area contributed by atoms with E-state index in [1.165, 1.54) is 9.75 Å².